The highest BCUT2D eigenvalue weighted by molar-refractivity contribution is 7.25. The van der Waals surface area contributed by atoms with Crippen LogP contribution in [-0.2, 0) is 0 Å². The van der Waals surface area contributed by atoms with Crippen molar-refractivity contribution in [3.63, 3.8) is 0 Å². The first-order chi connectivity index (χ1) is 17.9. The molecule has 0 N–H and O–H groups in total. The molecule has 0 atom stereocenters. The largest absolute Gasteiger partial charge is 0.278 e. The quantitative estimate of drug-likeness (QED) is 0.238. The summed E-state index contributed by atoms with van der Waals surface area (Å²) in [5, 5.41) is 7.78. The lowest BCUT2D eigenvalue weighted by Gasteiger charge is -2.13. The van der Waals surface area contributed by atoms with Crippen LogP contribution in [0.25, 0.3) is 81.0 Å². The minimum Gasteiger partial charge on any atom is -0.278 e. The van der Waals surface area contributed by atoms with E-state index in [1.165, 1.54) is 64.0 Å². The van der Waals surface area contributed by atoms with E-state index in [0.29, 0.717) is 5.95 Å². The lowest BCUT2D eigenvalue weighted by atomic mass is 9.92. The van der Waals surface area contributed by atoms with E-state index in [-0.39, 0.29) is 0 Å². The topological polar surface area (TPSA) is 30.7 Å². The summed E-state index contributed by atoms with van der Waals surface area (Å²) in [7, 11) is 0. The smallest absolute Gasteiger partial charge is 0.234 e. The Bertz CT molecular complexity index is 2200. The van der Waals surface area contributed by atoms with Crippen LogP contribution in [0.15, 0.2) is 103 Å². The zero-order valence-electron chi connectivity index (χ0n) is 19.1. The maximum Gasteiger partial charge on any atom is 0.234 e. The van der Waals surface area contributed by atoms with E-state index in [1.54, 1.807) is 0 Å². The predicted octanol–water partition coefficient (Wildman–Crippen LogP) is 8.74. The Labute approximate surface area is 209 Å². The molecular formula is C32H17N3S. The minimum atomic E-state index is 0.701. The molecule has 0 fully saturated rings. The van der Waals surface area contributed by atoms with Gasteiger partial charge in [0.15, 0.2) is 0 Å². The fraction of sp³-hybridized carbons (Fsp3) is 0. The van der Waals surface area contributed by atoms with Crippen molar-refractivity contribution in [2.45, 2.75) is 0 Å². The molecule has 0 spiro atoms. The van der Waals surface area contributed by atoms with Gasteiger partial charge in [-0.05, 0) is 69.4 Å². The van der Waals surface area contributed by atoms with Crippen molar-refractivity contribution in [2.24, 2.45) is 0 Å². The zero-order chi connectivity index (χ0) is 23.4. The number of hydrogen-bond donors (Lipinski definition) is 0. The standard InChI is InChI=1S/C32H17N3S/c1-2-11-27-19(7-1)24-16-22-20-8-3-6-18-12-13-26-31(29(18)20)30-21(23(22)17-28(24)36-27)9-4-10-25(30)35(26)32-33-14-5-15-34-32/h1-17H. The lowest BCUT2D eigenvalue weighted by Crippen LogP contribution is -1.99. The molecule has 0 aliphatic heterocycles. The fourth-order valence-corrected chi connectivity index (χ4v) is 7.34. The highest BCUT2D eigenvalue weighted by atomic mass is 32.1. The van der Waals surface area contributed by atoms with Gasteiger partial charge in [0.2, 0.25) is 5.95 Å². The van der Waals surface area contributed by atoms with Crippen LogP contribution in [0.1, 0.15) is 0 Å². The second-order valence-corrected chi connectivity index (χ2v) is 10.5. The molecule has 36 heavy (non-hydrogen) atoms. The predicted molar refractivity (Wildman–Crippen MR) is 151 cm³/mol. The van der Waals surface area contributed by atoms with Crippen molar-refractivity contribution >= 4 is 64.1 Å². The first kappa shape index (κ1) is 18.7. The number of hydrogen-bond acceptors (Lipinski definition) is 3. The Morgan fingerprint density at radius 3 is 2.22 bits per heavy atom. The molecule has 5 aromatic carbocycles. The SMILES string of the molecule is c1cnc(-n2c3cccc4c3c3c5c(cccc5ccc32)-c2cc3c(cc2-4)sc2ccccc23)nc1. The number of aromatic nitrogens is 3. The Hall–Kier alpha value is -4.54. The zero-order valence-corrected chi connectivity index (χ0v) is 19.9. The molecule has 3 nitrogen and oxygen atoms in total. The average molecular weight is 476 g/mol. The lowest BCUT2D eigenvalue weighted by molar-refractivity contribution is 0.989. The summed E-state index contributed by atoms with van der Waals surface area (Å²) in [5.41, 5.74) is 7.43. The monoisotopic (exact) mass is 475 g/mol. The van der Waals surface area contributed by atoms with Crippen molar-refractivity contribution in [2.75, 3.05) is 0 Å². The summed E-state index contributed by atoms with van der Waals surface area (Å²) in [5.74, 6) is 0.701. The molecule has 4 heteroatoms. The number of rotatable bonds is 1. The second-order valence-electron chi connectivity index (χ2n) is 9.44. The van der Waals surface area contributed by atoms with E-state index in [1.807, 2.05) is 29.8 Å². The van der Waals surface area contributed by atoms with Gasteiger partial charge in [0.25, 0.3) is 0 Å². The van der Waals surface area contributed by atoms with Crippen LogP contribution in [-0.4, -0.2) is 14.5 Å². The Morgan fingerprint density at radius 1 is 0.528 bits per heavy atom. The normalized spacial score (nSPS) is 12.4. The molecule has 8 aromatic rings. The van der Waals surface area contributed by atoms with Crippen LogP contribution in [0, 0.1) is 0 Å². The molecule has 9 rings (SSSR count). The Balaban J connectivity index is 1.55. The van der Waals surface area contributed by atoms with Gasteiger partial charge in [-0.1, -0.05) is 54.6 Å². The molecule has 1 aliphatic rings. The van der Waals surface area contributed by atoms with Crippen LogP contribution < -0.4 is 0 Å². The highest BCUT2D eigenvalue weighted by Crippen LogP contribution is 2.51. The fourth-order valence-electron chi connectivity index (χ4n) is 6.21. The van der Waals surface area contributed by atoms with E-state index in [9.17, 15) is 0 Å². The van der Waals surface area contributed by atoms with Crippen LogP contribution in [0.4, 0.5) is 0 Å². The number of fused-ring (bicyclic) bond motifs is 6. The maximum atomic E-state index is 4.63. The summed E-state index contributed by atoms with van der Waals surface area (Å²) in [6.07, 6.45) is 3.63. The van der Waals surface area contributed by atoms with Crippen molar-refractivity contribution in [1.82, 2.24) is 14.5 Å². The maximum absolute atomic E-state index is 4.63. The molecule has 3 aromatic heterocycles. The van der Waals surface area contributed by atoms with Crippen molar-refractivity contribution in [3.05, 3.63) is 103 Å². The number of thiophene rings is 1. The van der Waals surface area contributed by atoms with Crippen LogP contribution in [0.2, 0.25) is 0 Å². The van der Waals surface area contributed by atoms with Crippen molar-refractivity contribution < 1.29 is 0 Å². The Kier molecular flexibility index (Phi) is 3.42. The van der Waals surface area contributed by atoms with E-state index >= 15 is 0 Å². The third-order valence-electron chi connectivity index (χ3n) is 7.65. The molecule has 0 saturated carbocycles. The van der Waals surface area contributed by atoms with Gasteiger partial charge in [-0.2, -0.15) is 0 Å². The molecular weight excluding hydrogens is 458 g/mol. The summed E-state index contributed by atoms with van der Waals surface area (Å²) >= 11 is 1.88. The first-order valence-corrected chi connectivity index (χ1v) is 12.9. The molecule has 0 saturated heterocycles. The molecule has 3 heterocycles. The van der Waals surface area contributed by atoms with Gasteiger partial charge in [0.05, 0.1) is 11.0 Å². The molecule has 0 bridgehead atoms. The summed E-state index contributed by atoms with van der Waals surface area (Å²) < 4.78 is 4.87. The number of nitrogens with zero attached hydrogens (tertiary/aromatic N) is 3. The Morgan fingerprint density at radius 2 is 1.31 bits per heavy atom. The van der Waals surface area contributed by atoms with Crippen molar-refractivity contribution in [3.8, 4) is 28.2 Å². The van der Waals surface area contributed by atoms with Gasteiger partial charge in [-0.25, -0.2) is 9.97 Å². The van der Waals surface area contributed by atoms with E-state index in [4.69, 9.17) is 0 Å². The van der Waals surface area contributed by atoms with E-state index in [0.717, 1.165) is 11.0 Å². The van der Waals surface area contributed by atoms with Crippen LogP contribution >= 0.6 is 11.3 Å². The van der Waals surface area contributed by atoms with Gasteiger partial charge in [0, 0.05) is 43.3 Å². The molecule has 0 radical (unpaired) electrons. The average Bonchev–Trinajstić information content (AvgIpc) is 3.44. The molecule has 0 amide bonds. The molecule has 166 valence electrons. The van der Waals surface area contributed by atoms with Gasteiger partial charge in [0.1, 0.15) is 0 Å². The van der Waals surface area contributed by atoms with Gasteiger partial charge in [-0.15, -0.1) is 11.3 Å². The highest BCUT2D eigenvalue weighted by Gasteiger charge is 2.26. The van der Waals surface area contributed by atoms with Crippen molar-refractivity contribution in [1.29, 1.82) is 0 Å². The summed E-state index contributed by atoms with van der Waals surface area (Å²) in [6, 6.07) is 33.3. The first-order valence-electron chi connectivity index (χ1n) is 12.1. The van der Waals surface area contributed by atoms with Gasteiger partial charge in [-0.3, -0.25) is 4.57 Å². The summed E-state index contributed by atoms with van der Waals surface area (Å²) in [6.45, 7) is 0. The van der Waals surface area contributed by atoms with Crippen LogP contribution in [0.3, 0.4) is 0 Å². The van der Waals surface area contributed by atoms with E-state index in [2.05, 4.69) is 99.5 Å². The number of benzene rings is 5. The third-order valence-corrected chi connectivity index (χ3v) is 8.78. The molecule has 1 aliphatic carbocycles. The van der Waals surface area contributed by atoms with Crippen LogP contribution in [0.5, 0.6) is 0 Å². The second kappa shape index (κ2) is 6.56. The minimum absolute atomic E-state index is 0.701. The van der Waals surface area contributed by atoms with Gasteiger partial charge < -0.3 is 0 Å². The third kappa shape index (κ3) is 2.23. The van der Waals surface area contributed by atoms with E-state index < -0.39 is 0 Å². The summed E-state index contributed by atoms with van der Waals surface area (Å²) in [4.78, 5) is 9.27. The van der Waals surface area contributed by atoms with Gasteiger partial charge >= 0.3 is 0 Å². The molecule has 0 unspecified atom stereocenters.